The predicted octanol–water partition coefficient (Wildman–Crippen LogP) is 4.92. The number of esters is 1. The van der Waals surface area contributed by atoms with Gasteiger partial charge in [-0.2, -0.15) is 0 Å². The van der Waals surface area contributed by atoms with E-state index in [1.807, 2.05) is 48.5 Å². The van der Waals surface area contributed by atoms with E-state index in [4.69, 9.17) is 33.7 Å². The van der Waals surface area contributed by atoms with Gasteiger partial charge < -0.3 is 15.6 Å². The molecule has 0 bridgehead atoms. The lowest BCUT2D eigenvalue weighted by Gasteiger charge is -2.21. The fourth-order valence-electron chi connectivity index (χ4n) is 4.21. The standard InChI is InChI=1S/C25H21Cl2NO4/c26-15-10-9-14(21(27)12-15)11-22(28)23(24(29)30)25(31)32-13-20-18-7-3-1-5-16(18)17-6-2-4-8-19(17)20/h1-10,12,20,22-23H,11,13,28H2,(H,29,30)/t22-,23+/m1/s1. The fourth-order valence-corrected chi connectivity index (χ4v) is 4.70. The van der Waals surface area contributed by atoms with Gasteiger partial charge in [0.15, 0.2) is 5.92 Å². The Morgan fingerprint density at radius 2 is 1.56 bits per heavy atom. The molecule has 32 heavy (non-hydrogen) atoms. The van der Waals surface area contributed by atoms with Crippen LogP contribution in [0, 0.1) is 5.92 Å². The molecule has 0 amide bonds. The molecule has 0 aromatic heterocycles. The largest absolute Gasteiger partial charge is 0.481 e. The van der Waals surface area contributed by atoms with Crippen molar-refractivity contribution in [2.75, 3.05) is 6.61 Å². The van der Waals surface area contributed by atoms with Gasteiger partial charge in [0.1, 0.15) is 6.61 Å². The predicted molar refractivity (Wildman–Crippen MR) is 124 cm³/mol. The monoisotopic (exact) mass is 469 g/mol. The summed E-state index contributed by atoms with van der Waals surface area (Å²) < 4.78 is 5.52. The van der Waals surface area contributed by atoms with E-state index < -0.39 is 23.9 Å². The summed E-state index contributed by atoms with van der Waals surface area (Å²) in [5.74, 6) is -3.88. The van der Waals surface area contributed by atoms with E-state index in [1.165, 1.54) is 0 Å². The zero-order valence-corrected chi connectivity index (χ0v) is 18.5. The number of carbonyl (C=O) groups is 2. The highest BCUT2D eigenvalue weighted by atomic mass is 35.5. The number of hydrogen-bond donors (Lipinski definition) is 2. The molecule has 0 spiro atoms. The number of carboxylic acid groups (broad SMARTS) is 1. The molecule has 3 N–H and O–H groups in total. The number of benzene rings is 3. The highest BCUT2D eigenvalue weighted by Crippen LogP contribution is 2.44. The zero-order chi connectivity index (χ0) is 22.8. The molecule has 3 aromatic carbocycles. The van der Waals surface area contributed by atoms with Crippen molar-refractivity contribution in [3.05, 3.63) is 93.5 Å². The third-order valence-corrected chi connectivity index (χ3v) is 6.36. The van der Waals surface area contributed by atoms with Crippen LogP contribution in [0.3, 0.4) is 0 Å². The first-order valence-electron chi connectivity index (χ1n) is 10.1. The molecular weight excluding hydrogens is 449 g/mol. The quantitative estimate of drug-likeness (QED) is 0.378. The lowest BCUT2D eigenvalue weighted by molar-refractivity contribution is -0.159. The molecule has 2 atom stereocenters. The molecule has 3 aromatic rings. The third kappa shape index (κ3) is 4.37. The topological polar surface area (TPSA) is 89.6 Å². The fraction of sp³-hybridized carbons (Fsp3) is 0.200. The minimum Gasteiger partial charge on any atom is -0.481 e. The summed E-state index contributed by atoms with van der Waals surface area (Å²) in [6.07, 6.45) is 0.0944. The Bertz CT molecular complexity index is 1130. The van der Waals surface area contributed by atoms with Crippen LogP contribution in [0.1, 0.15) is 22.6 Å². The summed E-state index contributed by atoms with van der Waals surface area (Å²) in [6.45, 7) is 0.0328. The maximum Gasteiger partial charge on any atom is 0.321 e. The SMILES string of the molecule is N[C@H](Cc1ccc(Cl)cc1Cl)[C@@H](C(=O)O)C(=O)OCC1c2ccccc2-c2ccccc21. The molecule has 0 fully saturated rings. The van der Waals surface area contributed by atoms with Gasteiger partial charge in [-0.15, -0.1) is 0 Å². The van der Waals surface area contributed by atoms with Crippen molar-refractivity contribution in [1.82, 2.24) is 0 Å². The van der Waals surface area contributed by atoms with Crippen LogP contribution in [-0.2, 0) is 20.7 Å². The number of ether oxygens (including phenoxy) is 1. The molecule has 0 heterocycles. The van der Waals surface area contributed by atoms with Gasteiger partial charge in [0, 0.05) is 22.0 Å². The first-order valence-corrected chi connectivity index (χ1v) is 10.9. The summed E-state index contributed by atoms with van der Waals surface area (Å²) in [5.41, 5.74) is 11.0. The van der Waals surface area contributed by atoms with Crippen LogP contribution in [-0.4, -0.2) is 29.7 Å². The minimum absolute atomic E-state index is 0.0328. The van der Waals surface area contributed by atoms with Gasteiger partial charge in [0.25, 0.3) is 0 Å². The lowest BCUT2D eigenvalue weighted by Crippen LogP contribution is -2.43. The molecule has 0 saturated carbocycles. The minimum atomic E-state index is -1.52. The van der Waals surface area contributed by atoms with Crippen LogP contribution in [0.2, 0.25) is 10.0 Å². The number of hydrogen-bond acceptors (Lipinski definition) is 4. The second-order valence-corrected chi connectivity index (χ2v) is 8.62. The number of fused-ring (bicyclic) bond motifs is 3. The second kappa shape index (κ2) is 9.33. The summed E-state index contributed by atoms with van der Waals surface area (Å²) in [5, 5.41) is 10.5. The number of halogens is 2. The Labute approximate surface area is 195 Å². The molecule has 0 radical (unpaired) electrons. The van der Waals surface area contributed by atoms with Crippen LogP contribution in [0.4, 0.5) is 0 Å². The third-order valence-electron chi connectivity index (χ3n) is 5.77. The van der Waals surface area contributed by atoms with Crippen LogP contribution in [0.15, 0.2) is 66.7 Å². The van der Waals surface area contributed by atoms with Gasteiger partial charge in [-0.25, -0.2) is 0 Å². The van der Waals surface area contributed by atoms with Gasteiger partial charge in [-0.05, 0) is 46.4 Å². The number of carbonyl (C=O) groups excluding carboxylic acids is 1. The zero-order valence-electron chi connectivity index (χ0n) is 17.0. The normalized spacial score (nSPS) is 14.3. The van der Waals surface area contributed by atoms with Gasteiger partial charge in [0.05, 0.1) is 0 Å². The Morgan fingerprint density at radius 3 is 2.12 bits per heavy atom. The lowest BCUT2D eigenvalue weighted by atomic mass is 9.94. The summed E-state index contributed by atoms with van der Waals surface area (Å²) in [7, 11) is 0. The van der Waals surface area contributed by atoms with E-state index in [2.05, 4.69) is 0 Å². The number of nitrogens with two attached hydrogens (primary N) is 1. The number of rotatable bonds is 7. The van der Waals surface area contributed by atoms with Crippen LogP contribution < -0.4 is 5.73 Å². The van der Waals surface area contributed by atoms with Crippen LogP contribution in [0.25, 0.3) is 11.1 Å². The van der Waals surface area contributed by atoms with Crippen molar-refractivity contribution >= 4 is 35.1 Å². The number of carboxylic acids is 1. The summed E-state index contributed by atoms with van der Waals surface area (Å²) in [4.78, 5) is 24.7. The van der Waals surface area contributed by atoms with Crippen LogP contribution in [0.5, 0.6) is 0 Å². The molecule has 4 rings (SSSR count). The van der Waals surface area contributed by atoms with Crippen molar-refractivity contribution in [3.63, 3.8) is 0 Å². The molecule has 1 aliphatic rings. The second-order valence-electron chi connectivity index (χ2n) is 7.78. The maximum absolute atomic E-state index is 12.8. The van der Waals surface area contributed by atoms with Crippen LogP contribution >= 0.6 is 23.2 Å². The maximum atomic E-state index is 12.8. The average molecular weight is 470 g/mol. The van der Waals surface area contributed by atoms with Gasteiger partial charge in [-0.1, -0.05) is 77.8 Å². The molecule has 5 nitrogen and oxygen atoms in total. The average Bonchev–Trinajstić information content (AvgIpc) is 3.08. The van der Waals surface area contributed by atoms with Crippen molar-refractivity contribution in [3.8, 4) is 11.1 Å². The molecule has 0 unspecified atom stereocenters. The summed E-state index contributed by atoms with van der Waals surface area (Å²) in [6, 6.07) is 19.7. The van der Waals surface area contributed by atoms with E-state index in [-0.39, 0.29) is 18.9 Å². The smallest absolute Gasteiger partial charge is 0.321 e. The Morgan fingerprint density at radius 1 is 0.969 bits per heavy atom. The Hall–Kier alpha value is -2.86. The van der Waals surface area contributed by atoms with Crippen molar-refractivity contribution in [1.29, 1.82) is 0 Å². The van der Waals surface area contributed by atoms with E-state index >= 15 is 0 Å². The van der Waals surface area contributed by atoms with Gasteiger partial charge in [0.2, 0.25) is 0 Å². The molecule has 0 aliphatic heterocycles. The van der Waals surface area contributed by atoms with E-state index in [0.717, 1.165) is 22.3 Å². The van der Waals surface area contributed by atoms with E-state index in [9.17, 15) is 14.7 Å². The highest BCUT2D eigenvalue weighted by molar-refractivity contribution is 6.35. The Kier molecular flexibility index (Phi) is 6.51. The first-order chi connectivity index (χ1) is 15.4. The van der Waals surface area contributed by atoms with Crippen molar-refractivity contribution in [2.24, 2.45) is 11.7 Å². The summed E-state index contributed by atoms with van der Waals surface area (Å²) >= 11 is 12.1. The first kappa shape index (κ1) is 22.3. The molecular formula is C25H21Cl2NO4. The number of aliphatic carboxylic acids is 1. The van der Waals surface area contributed by atoms with E-state index in [1.54, 1.807) is 18.2 Å². The molecule has 1 aliphatic carbocycles. The van der Waals surface area contributed by atoms with Gasteiger partial charge >= 0.3 is 11.9 Å². The van der Waals surface area contributed by atoms with Crippen molar-refractivity contribution < 1.29 is 19.4 Å². The van der Waals surface area contributed by atoms with E-state index in [0.29, 0.717) is 15.6 Å². The molecule has 7 heteroatoms. The van der Waals surface area contributed by atoms with Crippen molar-refractivity contribution in [2.45, 2.75) is 18.4 Å². The highest BCUT2D eigenvalue weighted by Gasteiger charge is 2.36. The molecule has 0 saturated heterocycles. The molecule has 164 valence electrons. The Balaban J connectivity index is 1.50. The van der Waals surface area contributed by atoms with Gasteiger partial charge in [-0.3, -0.25) is 9.59 Å².